The van der Waals surface area contributed by atoms with E-state index >= 15 is 0 Å². The zero-order valence-electron chi connectivity index (χ0n) is 10.9. The minimum atomic E-state index is -0.204. The molecular weight excluding hydrogens is 256 g/mol. The molecule has 4 nitrogen and oxygen atoms in total. The van der Waals surface area contributed by atoms with Crippen LogP contribution in [0.2, 0.25) is 0 Å². The molecule has 0 unspecified atom stereocenters. The molecule has 0 bridgehead atoms. The van der Waals surface area contributed by atoms with E-state index in [-0.39, 0.29) is 23.0 Å². The van der Waals surface area contributed by atoms with Gasteiger partial charge in [0.1, 0.15) is 0 Å². The number of benzene rings is 2. The number of allylic oxidation sites excluding steroid dienone is 1. The standard InChI is InChI=1S/C16H14O4/c1-20-16-14(18)10-8-12(15(16)19)7-9-13(17)11-5-3-2-4-6-11/h2-10,18-19H,1H3. The summed E-state index contributed by atoms with van der Waals surface area (Å²) in [6.45, 7) is 0. The molecular formula is C16H14O4. The van der Waals surface area contributed by atoms with Gasteiger partial charge in [0.25, 0.3) is 0 Å². The van der Waals surface area contributed by atoms with Crippen molar-refractivity contribution >= 4 is 11.9 Å². The van der Waals surface area contributed by atoms with E-state index in [1.165, 1.54) is 31.4 Å². The normalized spacial score (nSPS) is 10.7. The van der Waals surface area contributed by atoms with E-state index in [1.54, 1.807) is 24.3 Å². The molecule has 0 fully saturated rings. The molecule has 0 aromatic heterocycles. The summed E-state index contributed by atoms with van der Waals surface area (Å²) >= 11 is 0. The number of ketones is 1. The van der Waals surface area contributed by atoms with Crippen molar-refractivity contribution in [3.8, 4) is 17.2 Å². The van der Waals surface area contributed by atoms with E-state index in [2.05, 4.69) is 0 Å². The fourth-order valence-corrected chi connectivity index (χ4v) is 1.78. The summed E-state index contributed by atoms with van der Waals surface area (Å²) in [6.07, 6.45) is 2.84. The molecule has 0 aliphatic rings. The molecule has 0 saturated carbocycles. The quantitative estimate of drug-likeness (QED) is 0.662. The van der Waals surface area contributed by atoms with Crippen LogP contribution < -0.4 is 4.74 Å². The number of ether oxygens (including phenoxy) is 1. The molecule has 20 heavy (non-hydrogen) atoms. The zero-order chi connectivity index (χ0) is 14.5. The fraction of sp³-hybridized carbons (Fsp3) is 0.0625. The summed E-state index contributed by atoms with van der Waals surface area (Å²) in [5.74, 6) is -0.544. The summed E-state index contributed by atoms with van der Waals surface area (Å²) in [7, 11) is 1.34. The Hall–Kier alpha value is -2.75. The number of phenols is 2. The fourth-order valence-electron chi connectivity index (χ4n) is 1.78. The van der Waals surface area contributed by atoms with Gasteiger partial charge in [0.2, 0.25) is 5.75 Å². The van der Waals surface area contributed by atoms with Crippen LogP contribution in [0.1, 0.15) is 15.9 Å². The molecule has 0 atom stereocenters. The largest absolute Gasteiger partial charge is 0.504 e. The predicted molar refractivity (Wildman–Crippen MR) is 76.1 cm³/mol. The minimum Gasteiger partial charge on any atom is -0.504 e. The lowest BCUT2D eigenvalue weighted by Crippen LogP contribution is -1.93. The van der Waals surface area contributed by atoms with Crippen LogP contribution in [0.4, 0.5) is 0 Å². The van der Waals surface area contributed by atoms with Gasteiger partial charge in [-0.05, 0) is 24.3 Å². The topological polar surface area (TPSA) is 66.8 Å². The molecule has 4 heteroatoms. The second-order valence-corrected chi connectivity index (χ2v) is 4.12. The van der Waals surface area contributed by atoms with Crippen LogP contribution >= 0.6 is 0 Å². The van der Waals surface area contributed by atoms with E-state index in [0.717, 1.165) is 0 Å². The predicted octanol–water partition coefficient (Wildman–Crippen LogP) is 3.00. The van der Waals surface area contributed by atoms with Crippen molar-refractivity contribution in [3.05, 3.63) is 59.7 Å². The summed E-state index contributed by atoms with van der Waals surface area (Å²) in [4.78, 5) is 11.9. The van der Waals surface area contributed by atoms with Gasteiger partial charge in [-0.15, -0.1) is 0 Å². The number of rotatable bonds is 4. The molecule has 0 amide bonds. The van der Waals surface area contributed by atoms with Gasteiger partial charge in [0, 0.05) is 11.1 Å². The molecule has 0 aliphatic carbocycles. The van der Waals surface area contributed by atoms with Gasteiger partial charge in [-0.1, -0.05) is 30.3 Å². The smallest absolute Gasteiger partial charge is 0.203 e. The number of carbonyl (C=O) groups is 1. The van der Waals surface area contributed by atoms with Gasteiger partial charge in [-0.2, -0.15) is 0 Å². The van der Waals surface area contributed by atoms with Crippen LogP contribution in [0.15, 0.2) is 48.5 Å². The molecule has 2 aromatic rings. The third-order valence-corrected chi connectivity index (χ3v) is 2.82. The van der Waals surface area contributed by atoms with Crippen molar-refractivity contribution in [1.29, 1.82) is 0 Å². The molecule has 2 rings (SSSR count). The molecule has 0 aliphatic heterocycles. The van der Waals surface area contributed by atoms with Gasteiger partial charge in [-0.3, -0.25) is 4.79 Å². The molecule has 102 valence electrons. The highest BCUT2D eigenvalue weighted by Crippen LogP contribution is 2.38. The van der Waals surface area contributed by atoms with Crippen LogP contribution in [0.5, 0.6) is 17.2 Å². The molecule has 0 saturated heterocycles. The maximum atomic E-state index is 11.9. The van der Waals surface area contributed by atoms with Crippen LogP contribution in [-0.4, -0.2) is 23.1 Å². The number of hydrogen-bond donors (Lipinski definition) is 2. The Morgan fingerprint density at radius 2 is 1.80 bits per heavy atom. The second-order valence-electron chi connectivity index (χ2n) is 4.12. The van der Waals surface area contributed by atoms with Gasteiger partial charge in [0.15, 0.2) is 17.3 Å². The van der Waals surface area contributed by atoms with Crippen molar-refractivity contribution in [2.24, 2.45) is 0 Å². The number of aromatic hydroxyl groups is 2. The maximum absolute atomic E-state index is 11.9. The van der Waals surface area contributed by atoms with Crippen LogP contribution in [-0.2, 0) is 0 Å². The third kappa shape index (κ3) is 2.80. The highest BCUT2D eigenvalue weighted by atomic mass is 16.5. The van der Waals surface area contributed by atoms with Crippen molar-refractivity contribution in [1.82, 2.24) is 0 Å². The van der Waals surface area contributed by atoms with Crippen molar-refractivity contribution in [2.45, 2.75) is 0 Å². The highest BCUT2D eigenvalue weighted by molar-refractivity contribution is 6.06. The van der Waals surface area contributed by atoms with Gasteiger partial charge < -0.3 is 14.9 Å². The minimum absolute atomic E-state index is 0.0145. The van der Waals surface area contributed by atoms with Crippen molar-refractivity contribution in [2.75, 3.05) is 7.11 Å². The molecule has 2 N–H and O–H groups in total. The van der Waals surface area contributed by atoms with Gasteiger partial charge in [-0.25, -0.2) is 0 Å². The third-order valence-electron chi connectivity index (χ3n) is 2.82. The average molecular weight is 270 g/mol. The number of methoxy groups -OCH3 is 1. The first-order valence-corrected chi connectivity index (χ1v) is 6.00. The first-order chi connectivity index (χ1) is 9.63. The van der Waals surface area contributed by atoms with E-state index in [0.29, 0.717) is 11.1 Å². The summed E-state index contributed by atoms with van der Waals surface area (Å²) < 4.78 is 4.89. The lowest BCUT2D eigenvalue weighted by molar-refractivity contribution is 0.104. The Kier molecular flexibility index (Phi) is 4.05. The highest BCUT2D eigenvalue weighted by Gasteiger charge is 2.11. The summed E-state index contributed by atoms with van der Waals surface area (Å²) in [5.41, 5.74) is 0.956. The van der Waals surface area contributed by atoms with Gasteiger partial charge in [0.05, 0.1) is 7.11 Å². The lowest BCUT2D eigenvalue weighted by atomic mass is 10.1. The molecule has 2 aromatic carbocycles. The van der Waals surface area contributed by atoms with E-state index in [1.807, 2.05) is 6.07 Å². The monoisotopic (exact) mass is 270 g/mol. The van der Waals surface area contributed by atoms with Crippen LogP contribution in [0.25, 0.3) is 6.08 Å². The van der Waals surface area contributed by atoms with E-state index in [4.69, 9.17) is 4.74 Å². The Labute approximate surface area is 116 Å². The molecule has 0 spiro atoms. The summed E-state index contributed by atoms with van der Waals surface area (Å²) in [6, 6.07) is 11.7. The maximum Gasteiger partial charge on any atom is 0.203 e. The molecule has 0 radical (unpaired) electrons. The van der Waals surface area contributed by atoms with Crippen LogP contribution in [0, 0.1) is 0 Å². The Morgan fingerprint density at radius 3 is 2.45 bits per heavy atom. The van der Waals surface area contributed by atoms with Crippen molar-refractivity contribution in [3.63, 3.8) is 0 Å². The molecule has 0 heterocycles. The number of hydrogen-bond acceptors (Lipinski definition) is 4. The Bertz CT molecular complexity index is 645. The first-order valence-electron chi connectivity index (χ1n) is 6.00. The Morgan fingerprint density at radius 1 is 1.10 bits per heavy atom. The average Bonchev–Trinajstić information content (AvgIpc) is 2.47. The van der Waals surface area contributed by atoms with E-state index < -0.39 is 0 Å². The van der Waals surface area contributed by atoms with Crippen molar-refractivity contribution < 1.29 is 19.7 Å². The zero-order valence-corrected chi connectivity index (χ0v) is 10.9. The van der Waals surface area contributed by atoms with Gasteiger partial charge >= 0.3 is 0 Å². The SMILES string of the molecule is COc1c(O)ccc(C=CC(=O)c2ccccc2)c1O. The Balaban J connectivity index is 2.27. The number of phenolic OH excluding ortho intramolecular Hbond substituents is 2. The second kappa shape index (κ2) is 5.93. The number of carbonyl (C=O) groups excluding carboxylic acids is 1. The summed E-state index contributed by atoms with van der Waals surface area (Å²) in [5, 5.41) is 19.4. The lowest BCUT2D eigenvalue weighted by Gasteiger charge is -2.07. The first kappa shape index (κ1) is 13.7. The van der Waals surface area contributed by atoms with E-state index in [9.17, 15) is 15.0 Å². The van der Waals surface area contributed by atoms with Crippen LogP contribution in [0.3, 0.4) is 0 Å².